The van der Waals surface area contributed by atoms with E-state index in [2.05, 4.69) is 20.6 Å². The molecular weight excluding hydrogens is 592 g/mol. The van der Waals surface area contributed by atoms with Gasteiger partial charge in [0, 0.05) is 12.4 Å². The highest BCUT2D eigenvalue weighted by Gasteiger charge is 2.35. The van der Waals surface area contributed by atoms with Crippen LogP contribution < -0.4 is 29.6 Å². The highest BCUT2D eigenvalue weighted by molar-refractivity contribution is 5.88. The number of carbonyl (C=O) groups excluding carboxylic acids is 2. The van der Waals surface area contributed by atoms with Gasteiger partial charge in [-0.2, -0.15) is 0 Å². The van der Waals surface area contributed by atoms with Gasteiger partial charge in [-0.3, -0.25) is 19.6 Å². The molecule has 0 aliphatic rings. The van der Waals surface area contributed by atoms with E-state index in [1.807, 2.05) is 12.1 Å². The molecule has 12 heteroatoms. The molecule has 4 rings (SSSR count). The molecule has 0 aliphatic carbocycles. The van der Waals surface area contributed by atoms with Gasteiger partial charge < -0.3 is 39.8 Å². The van der Waals surface area contributed by atoms with Crippen molar-refractivity contribution >= 4 is 11.8 Å². The van der Waals surface area contributed by atoms with Gasteiger partial charge in [0.05, 0.1) is 64.8 Å². The maximum Gasteiger partial charge on any atom is 0.224 e. The number of hydrogen-bond donors (Lipinski definition) is 4. The maximum atomic E-state index is 14.1. The van der Waals surface area contributed by atoms with Gasteiger partial charge in [0.15, 0.2) is 23.0 Å². The highest BCUT2D eigenvalue weighted by Crippen LogP contribution is 2.40. The first-order valence-electron chi connectivity index (χ1n) is 14.5. The number of nitrogens with one attached hydrogen (secondary N) is 2. The van der Waals surface area contributed by atoms with Crippen molar-refractivity contribution in [1.29, 1.82) is 0 Å². The summed E-state index contributed by atoms with van der Waals surface area (Å²) in [5, 5.41) is 26.9. The van der Waals surface area contributed by atoms with Crippen molar-refractivity contribution in [1.82, 2.24) is 20.6 Å². The standard InChI is InChI=1S/C34H38N4O8/c1-43-27-15-21(16-28(44-2)31(27)39)13-25(33(41)37-19-23-9-5-7-11-35-23)26(34(42)38-20-24-10-6-8-12-36-24)14-22-17-29(45-3)32(40)30(18-22)46-4/h5-12,15-18,25-26,39-40H,13-14,19-20H2,1-4H3,(H,37,41)(H,38,42)/t25-,26+. The van der Waals surface area contributed by atoms with E-state index in [-0.39, 0.29) is 60.4 Å². The monoisotopic (exact) mass is 630 g/mol. The van der Waals surface area contributed by atoms with Crippen LogP contribution in [0.5, 0.6) is 34.5 Å². The van der Waals surface area contributed by atoms with E-state index >= 15 is 0 Å². The summed E-state index contributed by atoms with van der Waals surface area (Å²) in [6.45, 7) is 0.281. The fourth-order valence-electron chi connectivity index (χ4n) is 5.10. The van der Waals surface area contributed by atoms with Gasteiger partial charge in [0.1, 0.15) is 0 Å². The van der Waals surface area contributed by atoms with Crippen LogP contribution in [0.15, 0.2) is 73.1 Å². The Morgan fingerprint density at radius 1 is 0.630 bits per heavy atom. The summed E-state index contributed by atoms with van der Waals surface area (Å²) in [6, 6.07) is 17.2. The first kappa shape index (κ1) is 33.4. The second-order valence-corrected chi connectivity index (χ2v) is 10.4. The minimum absolute atomic E-state index is 0.0785. The maximum absolute atomic E-state index is 14.1. The topological polar surface area (TPSA) is 161 Å². The number of ether oxygens (including phenoxy) is 4. The Morgan fingerprint density at radius 3 is 1.26 bits per heavy atom. The molecule has 2 atom stereocenters. The van der Waals surface area contributed by atoms with Crippen LogP contribution in [0.4, 0.5) is 0 Å². The molecule has 0 saturated heterocycles. The Bertz CT molecular complexity index is 1450. The molecule has 2 aromatic heterocycles. The summed E-state index contributed by atoms with van der Waals surface area (Å²) < 4.78 is 21.4. The van der Waals surface area contributed by atoms with E-state index in [1.54, 1.807) is 60.9 Å². The zero-order valence-corrected chi connectivity index (χ0v) is 26.1. The number of amides is 2. The van der Waals surface area contributed by atoms with E-state index in [0.29, 0.717) is 22.5 Å². The number of phenols is 2. The van der Waals surface area contributed by atoms with Crippen LogP contribution in [-0.4, -0.2) is 60.4 Å². The number of aromatic hydroxyl groups is 2. The van der Waals surface area contributed by atoms with Crippen LogP contribution in [0.2, 0.25) is 0 Å². The van der Waals surface area contributed by atoms with Crippen LogP contribution in [0.25, 0.3) is 0 Å². The predicted octanol–water partition coefficient (Wildman–Crippen LogP) is 3.57. The van der Waals surface area contributed by atoms with Gasteiger partial charge in [0.25, 0.3) is 0 Å². The van der Waals surface area contributed by atoms with Crippen LogP contribution in [0.1, 0.15) is 22.5 Å². The molecule has 2 amide bonds. The number of benzene rings is 2. The molecule has 4 aromatic rings. The van der Waals surface area contributed by atoms with Gasteiger partial charge in [-0.05, 0) is 72.5 Å². The third-order valence-electron chi connectivity index (χ3n) is 7.49. The molecule has 0 bridgehead atoms. The van der Waals surface area contributed by atoms with Crippen molar-refractivity contribution < 1.29 is 38.7 Å². The molecule has 0 fully saturated rings. The Balaban J connectivity index is 1.76. The quantitative estimate of drug-likeness (QED) is 0.153. The number of pyridine rings is 2. The second kappa shape index (κ2) is 16.0. The van der Waals surface area contributed by atoms with E-state index < -0.39 is 23.7 Å². The van der Waals surface area contributed by atoms with Gasteiger partial charge in [0.2, 0.25) is 23.3 Å². The molecule has 2 aromatic carbocycles. The number of methoxy groups -OCH3 is 4. The zero-order chi connectivity index (χ0) is 33.1. The molecule has 0 aliphatic heterocycles. The summed E-state index contributed by atoms with van der Waals surface area (Å²) >= 11 is 0. The molecule has 0 saturated carbocycles. The van der Waals surface area contributed by atoms with E-state index in [0.717, 1.165) is 0 Å². The minimum atomic E-state index is -0.933. The third kappa shape index (κ3) is 8.35. The highest BCUT2D eigenvalue weighted by atomic mass is 16.5. The molecule has 46 heavy (non-hydrogen) atoms. The molecule has 0 spiro atoms. The van der Waals surface area contributed by atoms with Crippen LogP contribution in [0.3, 0.4) is 0 Å². The molecule has 0 radical (unpaired) electrons. The number of hydrogen-bond acceptors (Lipinski definition) is 10. The number of rotatable bonds is 15. The summed E-state index contributed by atoms with van der Waals surface area (Å²) in [7, 11) is 5.65. The third-order valence-corrected chi connectivity index (χ3v) is 7.49. The minimum Gasteiger partial charge on any atom is -0.502 e. The Morgan fingerprint density at radius 2 is 0.978 bits per heavy atom. The first-order valence-corrected chi connectivity index (χ1v) is 14.5. The predicted molar refractivity (Wildman–Crippen MR) is 169 cm³/mol. The lowest BCUT2D eigenvalue weighted by molar-refractivity contribution is -0.135. The Hall–Kier alpha value is -5.52. The van der Waals surface area contributed by atoms with E-state index in [4.69, 9.17) is 18.9 Å². The fraction of sp³-hybridized carbons (Fsp3) is 0.294. The molecule has 0 unspecified atom stereocenters. The molecule has 12 nitrogen and oxygen atoms in total. The SMILES string of the molecule is COc1cc(C[C@H](C(=O)NCc2ccccn2)[C@@H](Cc2cc(OC)c(O)c(OC)c2)C(=O)NCc2ccccn2)cc(OC)c1O. The van der Waals surface area contributed by atoms with Crippen LogP contribution >= 0.6 is 0 Å². The summed E-state index contributed by atoms with van der Waals surface area (Å²) in [4.78, 5) is 36.7. The largest absolute Gasteiger partial charge is 0.502 e. The van der Waals surface area contributed by atoms with E-state index in [9.17, 15) is 19.8 Å². The molecular formula is C34H38N4O8. The van der Waals surface area contributed by atoms with Crippen molar-refractivity contribution in [2.75, 3.05) is 28.4 Å². The average Bonchev–Trinajstić information content (AvgIpc) is 3.09. The summed E-state index contributed by atoms with van der Waals surface area (Å²) in [5.74, 6) is -2.39. The average molecular weight is 631 g/mol. The van der Waals surface area contributed by atoms with Crippen molar-refractivity contribution in [3.05, 3.63) is 95.6 Å². The Labute approximate surface area is 267 Å². The summed E-state index contributed by atoms with van der Waals surface area (Å²) in [5.41, 5.74) is 2.47. The lowest BCUT2D eigenvalue weighted by Gasteiger charge is -2.27. The molecule has 4 N–H and O–H groups in total. The normalized spacial score (nSPS) is 12.0. The van der Waals surface area contributed by atoms with Crippen LogP contribution in [0, 0.1) is 11.8 Å². The number of phenolic OH excluding ortho intramolecular Hbond substituents is 2. The molecule has 2 heterocycles. The number of nitrogens with zero attached hydrogens (tertiary/aromatic N) is 2. The van der Waals surface area contributed by atoms with Crippen molar-refractivity contribution in [2.45, 2.75) is 25.9 Å². The summed E-state index contributed by atoms with van der Waals surface area (Å²) in [6.07, 6.45) is 3.42. The Kier molecular flexibility index (Phi) is 11.6. The van der Waals surface area contributed by atoms with Crippen LogP contribution in [-0.2, 0) is 35.5 Å². The van der Waals surface area contributed by atoms with E-state index in [1.165, 1.54) is 28.4 Å². The lowest BCUT2D eigenvalue weighted by Crippen LogP contribution is -2.44. The van der Waals surface area contributed by atoms with Crippen molar-refractivity contribution in [3.63, 3.8) is 0 Å². The second-order valence-electron chi connectivity index (χ2n) is 10.4. The lowest BCUT2D eigenvalue weighted by atomic mass is 9.81. The fourth-order valence-corrected chi connectivity index (χ4v) is 5.10. The van der Waals surface area contributed by atoms with Gasteiger partial charge in [-0.25, -0.2) is 0 Å². The zero-order valence-electron chi connectivity index (χ0n) is 26.1. The van der Waals surface area contributed by atoms with Gasteiger partial charge in [-0.15, -0.1) is 0 Å². The smallest absolute Gasteiger partial charge is 0.224 e. The molecule has 242 valence electrons. The van der Waals surface area contributed by atoms with Gasteiger partial charge >= 0.3 is 0 Å². The number of carbonyl (C=O) groups is 2. The van der Waals surface area contributed by atoms with Crippen molar-refractivity contribution in [2.24, 2.45) is 11.8 Å². The van der Waals surface area contributed by atoms with Gasteiger partial charge in [-0.1, -0.05) is 12.1 Å². The van der Waals surface area contributed by atoms with Crippen molar-refractivity contribution in [3.8, 4) is 34.5 Å². The first-order chi connectivity index (χ1) is 22.3. The number of aromatic nitrogens is 2.